The molecule has 1 saturated carbocycles. The zero-order valence-electron chi connectivity index (χ0n) is 20.3. The molecule has 4 N–H and O–H groups in total. The molecule has 6 rings (SSSR count). The van der Waals surface area contributed by atoms with Crippen LogP contribution in [0.5, 0.6) is 0 Å². The molecule has 0 bridgehead atoms. The molecule has 1 aliphatic heterocycles. The molecule has 8 nitrogen and oxygen atoms in total. The minimum atomic E-state index is -0.721. The number of hydrogen-bond acceptors (Lipinski definition) is 7. The van der Waals surface area contributed by atoms with Gasteiger partial charge in [-0.05, 0) is 56.2 Å². The van der Waals surface area contributed by atoms with Crippen molar-refractivity contribution in [1.29, 1.82) is 0 Å². The van der Waals surface area contributed by atoms with E-state index in [1.54, 1.807) is 12.1 Å². The maximum atomic E-state index is 15.4. The first-order chi connectivity index (χ1) is 17.1. The number of pyridine rings is 1. The van der Waals surface area contributed by atoms with Crippen molar-refractivity contribution in [3.63, 3.8) is 0 Å². The lowest BCUT2D eigenvalue weighted by atomic mass is 9.80. The fourth-order valence-corrected chi connectivity index (χ4v) is 6.09. The Kier molecular flexibility index (Phi) is 5.19. The zero-order valence-corrected chi connectivity index (χ0v) is 21.1. The van der Waals surface area contributed by atoms with Crippen LogP contribution in [0, 0.1) is 11.2 Å². The minimum absolute atomic E-state index is 0.0152. The fourth-order valence-electron chi connectivity index (χ4n) is 5.93. The van der Waals surface area contributed by atoms with Crippen molar-refractivity contribution in [1.82, 2.24) is 19.5 Å². The Morgan fingerprint density at radius 1 is 1.14 bits per heavy atom. The largest absolute Gasteiger partial charge is 0.383 e. The molecule has 2 fully saturated rings. The van der Waals surface area contributed by atoms with Crippen LogP contribution in [-0.4, -0.2) is 37.5 Å². The Morgan fingerprint density at radius 3 is 2.75 bits per heavy atom. The summed E-state index contributed by atoms with van der Waals surface area (Å²) < 4.78 is 30.4. The molecule has 4 atom stereocenters. The van der Waals surface area contributed by atoms with Crippen LogP contribution >= 0.6 is 11.6 Å². The van der Waals surface area contributed by atoms with E-state index in [0.29, 0.717) is 34.6 Å². The zero-order chi connectivity index (χ0) is 25.4. The third-order valence-corrected chi connectivity index (χ3v) is 8.02. The number of ether oxygens (including phenoxy) is 2. The third kappa shape index (κ3) is 3.60. The fraction of sp³-hybridized carbons (Fsp3) is 0.423. The predicted octanol–water partition coefficient (Wildman–Crippen LogP) is 5.04. The maximum Gasteiger partial charge on any atom is 0.163 e. The Bertz CT molecular complexity index is 1510. The summed E-state index contributed by atoms with van der Waals surface area (Å²) in [5, 5.41) is 1.75. The van der Waals surface area contributed by atoms with Crippen LogP contribution in [0.15, 0.2) is 36.8 Å². The van der Waals surface area contributed by atoms with Gasteiger partial charge in [-0.3, -0.25) is 0 Å². The molecule has 1 unspecified atom stereocenters. The summed E-state index contributed by atoms with van der Waals surface area (Å²) in [5.41, 5.74) is 13.2. The van der Waals surface area contributed by atoms with E-state index in [0.717, 1.165) is 17.5 Å². The lowest BCUT2D eigenvalue weighted by Crippen LogP contribution is -2.34. The van der Waals surface area contributed by atoms with Gasteiger partial charge in [0.05, 0.1) is 22.6 Å². The lowest BCUT2D eigenvalue weighted by molar-refractivity contribution is -0.168. The highest BCUT2D eigenvalue weighted by Gasteiger charge is 2.59. The predicted molar refractivity (Wildman–Crippen MR) is 137 cm³/mol. The Balaban J connectivity index is 1.33. The summed E-state index contributed by atoms with van der Waals surface area (Å²) in [4.78, 5) is 12.8. The standard InChI is InChI=1S/C26H28ClFN6O2/c1-25(2)35-20-17(34-9-7-15-22(29)31-12-32-24(15)34)11-26(3,21(20)36-25)8-6-13-4-5-14-10-16(27)23(30)33-19(14)18(13)28/h4-5,7,9-10,12,17,20-21H,6,8,11H2,1-3H3,(H2,30,33)(H2,29,31,32)/t17-,20+,21+,26?/m1/s1. The number of nitrogens with zero attached hydrogens (tertiary/aromatic N) is 4. The van der Waals surface area contributed by atoms with Gasteiger partial charge >= 0.3 is 0 Å². The van der Waals surface area contributed by atoms with E-state index in [4.69, 9.17) is 32.5 Å². The molecule has 1 saturated heterocycles. The van der Waals surface area contributed by atoms with Gasteiger partial charge in [0.1, 0.15) is 35.2 Å². The van der Waals surface area contributed by atoms with Gasteiger partial charge in [-0.25, -0.2) is 19.3 Å². The van der Waals surface area contributed by atoms with Gasteiger partial charge in [0.15, 0.2) is 11.6 Å². The van der Waals surface area contributed by atoms with E-state index in [1.807, 2.05) is 32.2 Å². The Labute approximate surface area is 212 Å². The van der Waals surface area contributed by atoms with Crippen LogP contribution in [0.2, 0.25) is 5.02 Å². The summed E-state index contributed by atoms with van der Waals surface area (Å²) in [7, 11) is 0. The number of anilines is 2. The van der Waals surface area contributed by atoms with Crippen molar-refractivity contribution in [3.05, 3.63) is 53.2 Å². The van der Waals surface area contributed by atoms with Crippen LogP contribution < -0.4 is 11.5 Å². The maximum absolute atomic E-state index is 15.4. The molecular formula is C26H28ClFN6O2. The highest BCUT2D eigenvalue weighted by molar-refractivity contribution is 6.33. The molecule has 2 aliphatic rings. The molecule has 0 spiro atoms. The number of rotatable bonds is 4. The number of fused-ring (bicyclic) bond motifs is 3. The quantitative estimate of drug-likeness (QED) is 0.395. The molecule has 10 heteroatoms. The van der Waals surface area contributed by atoms with Crippen LogP contribution in [0.3, 0.4) is 0 Å². The van der Waals surface area contributed by atoms with Crippen molar-refractivity contribution in [2.24, 2.45) is 5.41 Å². The van der Waals surface area contributed by atoms with Crippen LogP contribution in [0.25, 0.3) is 21.9 Å². The molecule has 1 aliphatic carbocycles. The molecule has 188 valence electrons. The number of benzene rings is 1. The molecule has 4 aromatic rings. The molecule has 0 amide bonds. The first-order valence-corrected chi connectivity index (χ1v) is 12.4. The second kappa shape index (κ2) is 7.99. The van der Waals surface area contributed by atoms with Gasteiger partial charge < -0.3 is 25.5 Å². The number of nitrogen functional groups attached to an aromatic ring is 2. The molecule has 3 aromatic heterocycles. The minimum Gasteiger partial charge on any atom is -0.383 e. The number of aryl methyl sites for hydroxylation is 1. The Morgan fingerprint density at radius 2 is 1.94 bits per heavy atom. The van der Waals surface area contributed by atoms with E-state index >= 15 is 4.39 Å². The highest BCUT2D eigenvalue weighted by atomic mass is 35.5. The van der Waals surface area contributed by atoms with Crippen molar-refractivity contribution in [2.75, 3.05) is 11.5 Å². The van der Waals surface area contributed by atoms with Gasteiger partial charge in [0, 0.05) is 11.6 Å². The second-order valence-electron chi connectivity index (χ2n) is 10.6. The molecule has 0 radical (unpaired) electrons. The highest BCUT2D eigenvalue weighted by Crippen LogP contribution is 2.55. The molecule has 36 heavy (non-hydrogen) atoms. The van der Waals surface area contributed by atoms with Gasteiger partial charge in [-0.15, -0.1) is 0 Å². The van der Waals surface area contributed by atoms with Gasteiger partial charge in [-0.2, -0.15) is 0 Å². The summed E-state index contributed by atoms with van der Waals surface area (Å²) in [6.45, 7) is 6.06. The van der Waals surface area contributed by atoms with E-state index in [2.05, 4.69) is 26.4 Å². The van der Waals surface area contributed by atoms with E-state index in [-0.39, 0.29) is 40.8 Å². The summed E-state index contributed by atoms with van der Waals surface area (Å²) in [6, 6.07) is 7.20. The van der Waals surface area contributed by atoms with Crippen LogP contribution in [-0.2, 0) is 15.9 Å². The van der Waals surface area contributed by atoms with E-state index in [9.17, 15) is 0 Å². The average molecular weight is 511 g/mol. The number of halogens is 2. The van der Waals surface area contributed by atoms with Crippen LogP contribution in [0.4, 0.5) is 16.0 Å². The molecule has 4 heterocycles. The number of hydrogen-bond donors (Lipinski definition) is 2. The number of aromatic nitrogens is 4. The summed E-state index contributed by atoms with van der Waals surface area (Å²) >= 11 is 6.07. The normalized spacial score (nSPS) is 27.2. The van der Waals surface area contributed by atoms with E-state index < -0.39 is 5.79 Å². The SMILES string of the molecule is CC1(C)O[C@H]2[C@H](n3ccc4c(N)ncnc43)CC(C)(CCc3ccc4cc(Cl)c(N)nc4c3F)[C@H]2O1. The average Bonchev–Trinajstić information content (AvgIpc) is 3.47. The van der Waals surface area contributed by atoms with Crippen molar-refractivity contribution in [2.45, 2.75) is 64.1 Å². The van der Waals surface area contributed by atoms with Crippen LogP contribution in [0.1, 0.15) is 45.2 Å². The summed E-state index contributed by atoms with van der Waals surface area (Å²) in [5.74, 6) is -0.516. The molecular weight excluding hydrogens is 483 g/mol. The summed E-state index contributed by atoms with van der Waals surface area (Å²) in [6.07, 6.45) is 5.12. The lowest BCUT2D eigenvalue weighted by Gasteiger charge is -2.32. The smallest absolute Gasteiger partial charge is 0.163 e. The van der Waals surface area contributed by atoms with Crippen molar-refractivity contribution >= 4 is 45.2 Å². The third-order valence-electron chi connectivity index (χ3n) is 7.72. The van der Waals surface area contributed by atoms with E-state index in [1.165, 1.54) is 6.33 Å². The first-order valence-electron chi connectivity index (χ1n) is 12.0. The van der Waals surface area contributed by atoms with Gasteiger partial charge in [0.25, 0.3) is 0 Å². The molecule has 1 aromatic carbocycles. The first kappa shape index (κ1) is 23.4. The second-order valence-corrected chi connectivity index (χ2v) is 11.0. The number of nitrogens with two attached hydrogens (primary N) is 2. The monoisotopic (exact) mass is 510 g/mol. The van der Waals surface area contributed by atoms with Crippen molar-refractivity contribution < 1.29 is 13.9 Å². The van der Waals surface area contributed by atoms with Crippen molar-refractivity contribution in [3.8, 4) is 0 Å². The van der Waals surface area contributed by atoms with Gasteiger partial charge in [0.2, 0.25) is 0 Å². The Hall–Kier alpha value is -3.01. The van der Waals surface area contributed by atoms with Gasteiger partial charge in [-0.1, -0.05) is 30.7 Å². The topological polar surface area (TPSA) is 114 Å².